The Labute approximate surface area is 134 Å². The highest BCUT2D eigenvalue weighted by Crippen LogP contribution is 2.66. The molecule has 1 saturated carbocycles. The number of nitrogens with zero attached hydrogens (tertiary/aromatic N) is 2. The lowest BCUT2D eigenvalue weighted by molar-refractivity contribution is -0.132. The number of Topliss-reactive ketones (excluding diaryl/α,β-unsaturated/α-hetero) is 1. The number of ketones is 1. The van der Waals surface area contributed by atoms with E-state index in [4.69, 9.17) is 4.74 Å². The molecule has 2 aliphatic heterocycles. The molecule has 2 fully saturated rings. The van der Waals surface area contributed by atoms with Crippen LogP contribution in [0.1, 0.15) is 18.9 Å². The maximum absolute atomic E-state index is 12.5. The van der Waals surface area contributed by atoms with Crippen molar-refractivity contribution in [1.82, 2.24) is 4.90 Å². The average molecular weight is 314 g/mol. The summed E-state index contributed by atoms with van der Waals surface area (Å²) < 4.78 is 5.43. The van der Waals surface area contributed by atoms with Crippen LogP contribution in [-0.2, 0) is 14.9 Å². The lowest BCUT2D eigenvalue weighted by atomic mass is 9.52. The van der Waals surface area contributed by atoms with Crippen molar-refractivity contribution in [2.24, 2.45) is 0 Å². The number of carbonyl (C=O) groups is 1. The Bertz CT molecular complexity index is 679. The molecule has 0 aromatic heterocycles. The summed E-state index contributed by atoms with van der Waals surface area (Å²) in [5, 5.41) is 9.95. The number of thioether (sulfide) groups is 1. The first-order chi connectivity index (χ1) is 10.6. The van der Waals surface area contributed by atoms with E-state index in [0.29, 0.717) is 19.6 Å². The van der Waals surface area contributed by atoms with Crippen molar-refractivity contribution in [2.45, 2.75) is 34.4 Å². The van der Waals surface area contributed by atoms with Crippen molar-refractivity contribution in [3.63, 3.8) is 0 Å². The highest BCUT2D eigenvalue weighted by atomic mass is 32.2. The van der Waals surface area contributed by atoms with Crippen LogP contribution >= 0.6 is 11.8 Å². The number of ether oxygens (including phenoxy) is 1. The predicted molar refractivity (Wildman–Crippen MR) is 83.8 cm³/mol. The molecule has 3 aliphatic rings. The number of hydrogen-bond donors (Lipinski definition) is 0. The summed E-state index contributed by atoms with van der Waals surface area (Å²) in [6, 6.07) is 10.7. The van der Waals surface area contributed by atoms with E-state index in [1.165, 1.54) is 0 Å². The van der Waals surface area contributed by atoms with E-state index in [0.717, 1.165) is 23.5 Å². The van der Waals surface area contributed by atoms with Crippen LogP contribution in [-0.4, -0.2) is 47.8 Å². The quantitative estimate of drug-likeness (QED) is 0.835. The number of benzene rings is 1. The van der Waals surface area contributed by atoms with Crippen LogP contribution < -0.4 is 0 Å². The minimum absolute atomic E-state index is 0.00185. The van der Waals surface area contributed by atoms with Crippen molar-refractivity contribution >= 4 is 17.5 Å². The summed E-state index contributed by atoms with van der Waals surface area (Å²) in [7, 11) is 0. The molecule has 1 aromatic rings. The molecule has 0 unspecified atom stereocenters. The fourth-order valence-corrected chi connectivity index (χ4v) is 6.14. The Morgan fingerprint density at radius 1 is 1.41 bits per heavy atom. The standard InChI is InChI=1S/C17H18N2O2S/c1-12(20)17-10-16(11-18,19-6-8-21-9-7-19)15(17)22-14-5-3-2-4-13(14)17/h2-5,15H,6-10H2,1H3/t15-,16-,17+/m0/s1. The summed E-state index contributed by atoms with van der Waals surface area (Å²) in [5.74, 6) is 0.189. The second-order valence-electron chi connectivity index (χ2n) is 6.33. The van der Waals surface area contributed by atoms with Gasteiger partial charge in [-0.15, -0.1) is 11.8 Å². The molecule has 1 saturated heterocycles. The SMILES string of the molecule is CC(=O)[C@@]12C[C@@](C#N)(N3CCOCC3)[C@@H]1Sc1ccccc12. The first-order valence-electron chi connectivity index (χ1n) is 7.66. The molecule has 0 N–H and O–H groups in total. The third-order valence-corrected chi connectivity index (χ3v) is 7.08. The zero-order chi connectivity index (χ0) is 15.4. The molecular weight excluding hydrogens is 296 g/mol. The summed E-state index contributed by atoms with van der Waals surface area (Å²) in [6.07, 6.45) is 0.612. The Balaban J connectivity index is 1.77. The summed E-state index contributed by atoms with van der Waals surface area (Å²) in [4.78, 5) is 15.9. The lowest BCUT2D eigenvalue weighted by Gasteiger charge is -2.59. The third-order valence-electron chi connectivity index (χ3n) is 5.44. The molecular formula is C17H18N2O2S. The van der Waals surface area contributed by atoms with Gasteiger partial charge in [0.05, 0.1) is 29.9 Å². The zero-order valence-electron chi connectivity index (χ0n) is 12.5. The van der Waals surface area contributed by atoms with Gasteiger partial charge in [0, 0.05) is 18.0 Å². The van der Waals surface area contributed by atoms with Crippen LogP contribution in [0.4, 0.5) is 0 Å². The molecule has 0 radical (unpaired) electrons. The van der Waals surface area contributed by atoms with E-state index in [9.17, 15) is 10.1 Å². The second-order valence-corrected chi connectivity index (χ2v) is 7.48. The van der Waals surface area contributed by atoms with E-state index in [2.05, 4.69) is 23.1 Å². The molecule has 5 heteroatoms. The summed E-state index contributed by atoms with van der Waals surface area (Å²) in [5.41, 5.74) is 0.102. The van der Waals surface area contributed by atoms with E-state index < -0.39 is 11.0 Å². The topological polar surface area (TPSA) is 53.3 Å². The van der Waals surface area contributed by atoms with E-state index in [-0.39, 0.29) is 11.0 Å². The van der Waals surface area contributed by atoms with Crippen LogP contribution in [0.2, 0.25) is 0 Å². The summed E-state index contributed by atoms with van der Waals surface area (Å²) >= 11 is 1.71. The van der Waals surface area contributed by atoms with E-state index in [1.807, 2.05) is 12.1 Å². The first kappa shape index (κ1) is 14.3. The van der Waals surface area contributed by atoms with Gasteiger partial charge >= 0.3 is 0 Å². The molecule has 4 nitrogen and oxygen atoms in total. The maximum Gasteiger partial charge on any atom is 0.141 e. The second kappa shape index (κ2) is 4.82. The van der Waals surface area contributed by atoms with Gasteiger partial charge in [0.2, 0.25) is 0 Å². The molecule has 2 heterocycles. The van der Waals surface area contributed by atoms with Gasteiger partial charge < -0.3 is 4.74 Å². The molecule has 3 atom stereocenters. The van der Waals surface area contributed by atoms with Gasteiger partial charge in [-0.3, -0.25) is 9.69 Å². The van der Waals surface area contributed by atoms with Gasteiger partial charge in [0.25, 0.3) is 0 Å². The van der Waals surface area contributed by atoms with Crippen molar-refractivity contribution in [3.05, 3.63) is 29.8 Å². The molecule has 0 spiro atoms. The summed E-state index contributed by atoms with van der Waals surface area (Å²) in [6.45, 7) is 4.56. The van der Waals surface area contributed by atoms with Crippen LogP contribution in [0.3, 0.4) is 0 Å². The fraction of sp³-hybridized carbons (Fsp3) is 0.529. The smallest absolute Gasteiger partial charge is 0.141 e. The minimum Gasteiger partial charge on any atom is -0.379 e. The van der Waals surface area contributed by atoms with Crippen LogP contribution in [0.5, 0.6) is 0 Å². The van der Waals surface area contributed by atoms with Gasteiger partial charge in [-0.05, 0) is 25.0 Å². The lowest BCUT2D eigenvalue weighted by Crippen LogP contribution is -2.74. The van der Waals surface area contributed by atoms with Gasteiger partial charge in [0.15, 0.2) is 0 Å². The Hall–Kier alpha value is -1.35. The van der Waals surface area contributed by atoms with Gasteiger partial charge in [-0.1, -0.05) is 18.2 Å². The molecule has 1 aliphatic carbocycles. The number of morpholine rings is 1. The van der Waals surface area contributed by atoms with E-state index in [1.54, 1.807) is 18.7 Å². The van der Waals surface area contributed by atoms with Crippen LogP contribution in [0.25, 0.3) is 0 Å². The molecule has 0 bridgehead atoms. The Morgan fingerprint density at radius 2 is 2.14 bits per heavy atom. The van der Waals surface area contributed by atoms with Crippen molar-refractivity contribution in [1.29, 1.82) is 5.26 Å². The minimum atomic E-state index is -0.543. The maximum atomic E-state index is 12.5. The number of hydrogen-bond acceptors (Lipinski definition) is 5. The van der Waals surface area contributed by atoms with Crippen molar-refractivity contribution in [3.8, 4) is 6.07 Å². The predicted octanol–water partition coefficient (Wildman–Crippen LogP) is 1.99. The largest absolute Gasteiger partial charge is 0.379 e. The molecule has 0 amide bonds. The third kappa shape index (κ3) is 1.58. The zero-order valence-corrected chi connectivity index (χ0v) is 13.4. The highest BCUT2D eigenvalue weighted by molar-refractivity contribution is 8.00. The fourth-order valence-electron chi connectivity index (χ4n) is 4.29. The van der Waals surface area contributed by atoms with Crippen molar-refractivity contribution in [2.75, 3.05) is 26.3 Å². The highest BCUT2D eigenvalue weighted by Gasteiger charge is 2.72. The van der Waals surface area contributed by atoms with E-state index >= 15 is 0 Å². The molecule has 4 rings (SSSR count). The first-order valence-corrected chi connectivity index (χ1v) is 8.54. The molecule has 22 heavy (non-hydrogen) atoms. The van der Waals surface area contributed by atoms with Crippen LogP contribution in [0, 0.1) is 11.3 Å². The normalized spacial score (nSPS) is 36.8. The number of nitriles is 1. The molecule has 114 valence electrons. The number of carbonyl (C=O) groups excluding carboxylic acids is 1. The van der Waals surface area contributed by atoms with Gasteiger partial charge in [0.1, 0.15) is 11.3 Å². The Kier molecular flexibility index (Phi) is 3.12. The Morgan fingerprint density at radius 3 is 2.82 bits per heavy atom. The van der Waals surface area contributed by atoms with Gasteiger partial charge in [-0.25, -0.2) is 0 Å². The van der Waals surface area contributed by atoms with Crippen LogP contribution in [0.15, 0.2) is 29.2 Å². The number of fused-ring (bicyclic) bond motifs is 3. The van der Waals surface area contributed by atoms with Crippen molar-refractivity contribution < 1.29 is 9.53 Å². The monoisotopic (exact) mass is 314 g/mol. The molecule has 1 aromatic carbocycles. The van der Waals surface area contributed by atoms with Gasteiger partial charge in [-0.2, -0.15) is 5.26 Å². The number of rotatable bonds is 2. The average Bonchev–Trinajstić information content (AvgIpc) is 2.81.